The molecule has 0 saturated carbocycles. The molecule has 8 atom stereocenters. The molecule has 10 heteroatoms. The highest BCUT2D eigenvalue weighted by Crippen LogP contribution is 2.37. The first-order valence-electron chi connectivity index (χ1n) is 19.3. The van der Waals surface area contributed by atoms with Crippen LogP contribution in [0.15, 0.2) is 133 Å². The molecule has 10 nitrogen and oxygen atoms in total. The van der Waals surface area contributed by atoms with Crippen molar-refractivity contribution in [2.45, 2.75) is 115 Å². The zero-order valence-electron chi connectivity index (χ0n) is 32.4. The maximum Gasteiger partial charge on any atom is 0.187 e. The van der Waals surface area contributed by atoms with Crippen molar-refractivity contribution < 1.29 is 47.4 Å². The van der Waals surface area contributed by atoms with Crippen molar-refractivity contribution >= 4 is 5.78 Å². The molecular weight excluding hydrogens is 712 g/mol. The number of benzene rings is 4. The first-order valence-corrected chi connectivity index (χ1v) is 19.3. The molecule has 3 saturated heterocycles. The fourth-order valence-electron chi connectivity index (χ4n) is 7.19. The Kier molecular flexibility index (Phi) is 13.2. The molecule has 4 aromatic rings. The Hall–Kier alpha value is -4.07. The molecule has 56 heavy (non-hydrogen) atoms. The van der Waals surface area contributed by atoms with E-state index in [-0.39, 0.29) is 32.2 Å². The number of hydrogen-bond donors (Lipinski definition) is 0. The van der Waals surface area contributed by atoms with Crippen molar-refractivity contribution in [3.05, 3.63) is 156 Å². The highest BCUT2D eigenvalue weighted by molar-refractivity contribution is 5.94. The van der Waals surface area contributed by atoms with Gasteiger partial charge in [-0.15, -0.1) is 0 Å². The summed E-state index contributed by atoms with van der Waals surface area (Å²) in [7, 11) is 0. The van der Waals surface area contributed by atoms with E-state index in [0.717, 1.165) is 22.3 Å². The summed E-state index contributed by atoms with van der Waals surface area (Å²) in [5.74, 6) is -2.01. The molecule has 0 aliphatic carbocycles. The summed E-state index contributed by atoms with van der Waals surface area (Å²) < 4.78 is 57.9. The molecule has 3 aliphatic heterocycles. The Balaban J connectivity index is 1.21. The molecule has 0 aromatic heterocycles. The molecule has 296 valence electrons. The summed E-state index contributed by atoms with van der Waals surface area (Å²) >= 11 is 0. The minimum Gasteiger partial charge on any atom is -0.368 e. The lowest BCUT2D eigenvalue weighted by molar-refractivity contribution is -0.318. The van der Waals surface area contributed by atoms with Crippen LogP contribution >= 0.6 is 0 Å². The van der Waals surface area contributed by atoms with Crippen LogP contribution in [-0.4, -0.2) is 73.0 Å². The largest absolute Gasteiger partial charge is 0.368 e. The molecule has 0 amide bonds. The number of ether oxygens (including phenoxy) is 9. The van der Waals surface area contributed by atoms with E-state index >= 15 is 0 Å². The predicted octanol–water partition coefficient (Wildman–Crippen LogP) is 7.48. The molecule has 0 radical (unpaired) electrons. The van der Waals surface area contributed by atoms with Gasteiger partial charge in [0.15, 0.2) is 29.8 Å². The van der Waals surface area contributed by atoms with Crippen LogP contribution in [0.4, 0.5) is 0 Å². The second kappa shape index (κ2) is 18.5. The monoisotopic (exact) mass is 764 g/mol. The summed E-state index contributed by atoms with van der Waals surface area (Å²) in [6, 6.07) is 39.4. The van der Waals surface area contributed by atoms with Gasteiger partial charge < -0.3 is 42.6 Å². The first kappa shape index (κ1) is 40.1. The smallest absolute Gasteiger partial charge is 0.187 e. The van der Waals surface area contributed by atoms with Crippen molar-refractivity contribution in [1.82, 2.24) is 0 Å². The van der Waals surface area contributed by atoms with Gasteiger partial charge in [0, 0.05) is 0 Å². The molecule has 0 bridgehead atoms. The topological polar surface area (TPSA) is 100 Å². The van der Waals surface area contributed by atoms with Gasteiger partial charge in [0.25, 0.3) is 0 Å². The lowest BCUT2D eigenvalue weighted by atomic mass is 9.94. The molecule has 0 N–H and O–H groups in total. The molecular formula is C46H52O10. The zero-order valence-corrected chi connectivity index (χ0v) is 32.4. The quantitative estimate of drug-likeness (QED) is 0.107. The SMILES string of the molecule is CC1(C)O[C@H]([C@H]2COC(C)(C)O2)[C@@H](/C=C/C(=O)[C@H]2O[C@H](OCc3ccccc3)[C@@H](OCc3ccccc3)[C@@H](OCc3ccccc3)[C@@H]2OCc2ccccc2)O1. The number of ketones is 1. The normalized spacial score (nSPS) is 28.4. The van der Waals surface area contributed by atoms with Crippen molar-refractivity contribution in [1.29, 1.82) is 0 Å². The Morgan fingerprint density at radius 3 is 1.54 bits per heavy atom. The summed E-state index contributed by atoms with van der Waals surface area (Å²) in [6.07, 6.45) is -2.89. The summed E-state index contributed by atoms with van der Waals surface area (Å²) in [5.41, 5.74) is 3.80. The Bertz CT molecular complexity index is 1840. The highest BCUT2D eigenvalue weighted by Gasteiger charge is 2.52. The number of carbonyl (C=O) groups excluding carboxylic acids is 1. The van der Waals surface area contributed by atoms with E-state index in [4.69, 9.17) is 42.6 Å². The second-order valence-electron chi connectivity index (χ2n) is 15.2. The molecule has 4 aromatic carbocycles. The van der Waals surface area contributed by atoms with Crippen LogP contribution < -0.4 is 0 Å². The zero-order chi connectivity index (χ0) is 39.0. The highest BCUT2D eigenvalue weighted by atomic mass is 16.8. The van der Waals surface area contributed by atoms with Crippen molar-refractivity contribution in [3.8, 4) is 0 Å². The third-order valence-corrected chi connectivity index (χ3v) is 9.90. The molecule has 0 unspecified atom stereocenters. The van der Waals surface area contributed by atoms with Crippen molar-refractivity contribution in [2.24, 2.45) is 0 Å². The van der Waals surface area contributed by atoms with Gasteiger partial charge in [0.1, 0.15) is 36.6 Å². The summed E-state index contributed by atoms with van der Waals surface area (Å²) in [4.78, 5) is 14.6. The van der Waals surface area contributed by atoms with Gasteiger partial charge in [0.05, 0.1) is 33.0 Å². The van der Waals surface area contributed by atoms with E-state index in [0.29, 0.717) is 6.61 Å². The van der Waals surface area contributed by atoms with Gasteiger partial charge in [0.2, 0.25) is 0 Å². The van der Waals surface area contributed by atoms with Crippen molar-refractivity contribution in [2.75, 3.05) is 6.61 Å². The maximum absolute atomic E-state index is 14.6. The lowest BCUT2D eigenvalue weighted by Gasteiger charge is -2.45. The average molecular weight is 765 g/mol. The third-order valence-electron chi connectivity index (χ3n) is 9.90. The van der Waals surface area contributed by atoms with Gasteiger partial charge in [-0.3, -0.25) is 4.79 Å². The molecule has 3 heterocycles. The standard InChI is InChI=1S/C46H52O10/c1-45(2)52-31-38(55-45)40-37(54-46(3,4)56-40)26-25-36(47)39-41(48-27-32-17-9-5-10-18-32)42(49-28-33-19-11-6-12-20-33)43(50-29-34-21-13-7-14-22-34)44(53-39)51-30-35-23-15-8-16-24-35/h5-26,37-44H,27-31H2,1-4H3/b26-25+/t37-,38-,39-,40+,41-,42+,43+,44+/m1/s1. The minimum atomic E-state index is -1.13. The van der Waals surface area contributed by atoms with Gasteiger partial charge in [-0.1, -0.05) is 121 Å². The second-order valence-corrected chi connectivity index (χ2v) is 15.2. The fraction of sp³-hybridized carbons (Fsp3) is 0.413. The van der Waals surface area contributed by atoms with E-state index in [1.54, 1.807) is 6.08 Å². The van der Waals surface area contributed by atoms with E-state index in [2.05, 4.69) is 0 Å². The minimum absolute atomic E-state index is 0.207. The molecule has 3 fully saturated rings. The average Bonchev–Trinajstić information content (AvgIpc) is 3.74. The molecule has 0 spiro atoms. The summed E-state index contributed by atoms with van der Waals surface area (Å²) in [6.45, 7) is 8.67. The Morgan fingerprint density at radius 1 is 0.589 bits per heavy atom. The maximum atomic E-state index is 14.6. The van der Waals surface area contributed by atoms with Crippen LogP contribution in [0.3, 0.4) is 0 Å². The lowest BCUT2D eigenvalue weighted by Crippen LogP contribution is -2.62. The predicted molar refractivity (Wildman–Crippen MR) is 208 cm³/mol. The van der Waals surface area contributed by atoms with E-state index in [1.165, 1.54) is 6.08 Å². The van der Waals surface area contributed by atoms with Crippen LogP contribution in [0.1, 0.15) is 49.9 Å². The van der Waals surface area contributed by atoms with E-state index in [1.807, 2.05) is 149 Å². The Morgan fingerprint density at radius 2 is 1.05 bits per heavy atom. The number of rotatable bonds is 16. The fourth-order valence-corrected chi connectivity index (χ4v) is 7.19. The van der Waals surface area contributed by atoms with Gasteiger partial charge >= 0.3 is 0 Å². The molecule has 7 rings (SSSR count). The van der Waals surface area contributed by atoms with Crippen LogP contribution in [0.5, 0.6) is 0 Å². The van der Waals surface area contributed by atoms with Crippen LogP contribution in [0.25, 0.3) is 0 Å². The first-order chi connectivity index (χ1) is 27.1. The van der Waals surface area contributed by atoms with Crippen LogP contribution in [0.2, 0.25) is 0 Å². The number of hydrogen-bond acceptors (Lipinski definition) is 10. The Labute approximate surface area is 329 Å². The summed E-state index contributed by atoms with van der Waals surface area (Å²) in [5, 5.41) is 0. The van der Waals surface area contributed by atoms with E-state index in [9.17, 15) is 4.79 Å². The van der Waals surface area contributed by atoms with Crippen molar-refractivity contribution in [3.63, 3.8) is 0 Å². The van der Waals surface area contributed by atoms with Gasteiger partial charge in [-0.2, -0.15) is 0 Å². The van der Waals surface area contributed by atoms with Crippen LogP contribution in [-0.2, 0) is 73.9 Å². The number of carbonyl (C=O) groups is 1. The van der Waals surface area contributed by atoms with Gasteiger partial charge in [-0.25, -0.2) is 0 Å². The van der Waals surface area contributed by atoms with Gasteiger partial charge in [-0.05, 0) is 62.1 Å². The van der Waals surface area contributed by atoms with E-state index < -0.39 is 60.6 Å². The van der Waals surface area contributed by atoms with Crippen LogP contribution in [0, 0.1) is 0 Å². The molecule has 3 aliphatic rings. The third kappa shape index (κ3) is 10.7.